The number of aromatic nitrogens is 2. The van der Waals surface area contributed by atoms with Gasteiger partial charge < -0.3 is 21.1 Å². The number of carbonyl (C=O) groups is 2. The van der Waals surface area contributed by atoms with Gasteiger partial charge in [0.2, 0.25) is 5.91 Å². The van der Waals surface area contributed by atoms with Crippen molar-refractivity contribution in [3.05, 3.63) is 11.1 Å². The van der Waals surface area contributed by atoms with Crippen molar-refractivity contribution in [3.8, 4) is 6.07 Å². The lowest BCUT2D eigenvalue weighted by atomic mass is 9.77. The lowest BCUT2D eigenvalue weighted by Gasteiger charge is -2.39. The maximum absolute atomic E-state index is 13.4. The predicted octanol–water partition coefficient (Wildman–Crippen LogP) is 3.16. The minimum atomic E-state index is -0.306. The van der Waals surface area contributed by atoms with Gasteiger partial charge in [-0.25, -0.2) is 9.97 Å². The first-order chi connectivity index (χ1) is 17.8. The van der Waals surface area contributed by atoms with E-state index in [-0.39, 0.29) is 41.9 Å². The number of piperidine rings is 1. The fourth-order valence-electron chi connectivity index (χ4n) is 6.44. The quantitative estimate of drug-likeness (QED) is 0.597. The molecular weight excluding hydrogens is 470 g/mol. The van der Waals surface area contributed by atoms with Crippen molar-refractivity contribution in [1.29, 1.82) is 5.26 Å². The summed E-state index contributed by atoms with van der Waals surface area (Å²) in [6.07, 6.45) is 4.72. The number of ether oxygens (including phenoxy) is 1. The molecule has 2 fully saturated rings. The summed E-state index contributed by atoms with van der Waals surface area (Å²) in [6, 6.07) is 2.37. The molecular formula is C27H35N7O3. The summed E-state index contributed by atoms with van der Waals surface area (Å²) in [6.45, 7) is 7.55. The van der Waals surface area contributed by atoms with E-state index in [9.17, 15) is 14.9 Å². The molecule has 3 aliphatic rings. The summed E-state index contributed by atoms with van der Waals surface area (Å²) in [5.74, 6) is 1.54. The van der Waals surface area contributed by atoms with Crippen molar-refractivity contribution in [2.24, 2.45) is 17.8 Å². The van der Waals surface area contributed by atoms with Gasteiger partial charge in [-0.05, 0) is 38.0 Å². The van der Waals surface area contributed by atoms with Gasteiger partial charge in [0.05, 0.1) is 24.3 Å². The molecule has 0 bridgehead atoms. The molecule has 4 heterocycles. The first-order valence-electron chi connectivity index (χ1n) is 13.3. The molecule has 4 N–H and O–H groups in total. The maximum Gasteiger partial charge on any atom is 0.310 e. The number of nitriles is 1. The lowest BCUT2D eigenvalue weighted by molar-refractivity contribution is -0.148. The average Bonchev–Trinajstić information content (AvgIpc) is 3.21. The highest BCUT2D eigenvalue weighted by Gasteiger charge is 2.42. The molecule has 1 saturated carbocycles. The highest BCUT2D eigenvalue weighted by atomic mass is 16.5. The maximum atomic E-state index is 13.4. The van der Waals surface area contributed by atoms with Crippen molar-refractivity contribution in [2.75, 3.05) is 41.0 Å². The third-order valence-electron chi connectivity index (χ3n) is 8.53. The topological polar surface area (TPSA) is 151 Å². The van der Waals surface area contributed by atoms with E-state index in [2.05, 4.69) is 29.9 Å². The number of amides is 1. The Bertz CT molecular complexity index is 1300. The van der Waals surface area contributed by atoms with Crippen LogP contribution in [0.2, 0.25) is 0 Å². The fourth-order valence-corrected chi connectivity index (χ4v) is 6.44. The Hall–Kier alpha value is -3.61. The number of hydrogen-bond donors (Lipinski definition) is 2. The molecule has 0 unspecified atom stereocenters. The molecule has 1 amide bonds. The van der Waals surface area contributed by atoms with Gasteiger partial charge in [-0.3, -0.25) is 14.5 Å². The highest BCUT2D eigenvalue weighted by molar-refractivity contribution is 6.13. The van der Waals surface area contributed by atoms with Gasteiger partial charge in [0.1, 0.15) is 34.9 Å². The van der Waals surface area contributed by atoms with E-state index in [1.165, 1.54) is 0 Å². The van der Waals surface area contributed by atoms with Crippen LogP contribution in [0.25, 0.3) is 10.8 Å². The molecule has 5 rings (SSSR count). The van der Waals surface area contributed by atoms with Crippen LogP contribution in [0.1, 0.15) is 64.0 Å². The van der Waals surface area contributed by atoms with Gasteiger partial charge in [-0.1, -0.05) is 26.7 Å². The van der Waals surface area contributed by atoms with Crippen molar-refractivity contribution >= 4 is 45.9 Å². The third kappa shape index (κ3) is 4.10. The number of nitrogens with zero attached hydrogens (tertiary/aromatic N) is 5. The molecule has 2 aromatic heterocycles. The third-order valence-corrected chi connectivity index (χ3v) is 8.53. The molecule has 0 radical (unpaired) electrons. The molecule has 4 atom stereocenters. The number of rotatable bonds is 4. The van der Waals surface area contributed by atoms with Gasteiger partial charge in [0, 0.05) is 30.1 Å². The van der Waals surface area contributed by atoms with E-state index in [4.69, 9.17) is 16.2 Å². The zero-order chi connectivity index (χ0) is 26.4. The van der Waals surface area contributed by atoms with Crippen LogP contribution in [0.15, 0.2) is 0 Å². The van der Waals surface area contributed by atoms with Crippen molar-refractivity contribution in [3.63, 3.8) is 0 Å². The Morgan fingerprint density at radius 1 is 1.11 bits per heavy atom. The molecule has 1 aliphatic carbocycles. The molecule has 196 valence electrons. The molecule has 2 aliphatic heterocycles. The second kappa shape index (κ2) is 9.69. The monoisotopic (exact) mass is 505 g/mol. The number of pyridine rings is 2. The van der Waals surface area contributed by atoms with Crippen molar-refractivity contribution < 1.29 is 14.3 Å². The van der Waals surface area contributed by atoms with Gasteiger partial charge in [-0.2, -0.15) is 5.26 Å². The normalized spacial score (nSPS) is 25.7. The summed E-state index contributed by atoms with van der Waals surface area (Å²) in [4.78, 5) is 38.9. The Kier molecular flexibility index (Phi) is 6.56. The molecule has 10 heteroatoms. The number of nitrogens with two attached hydrogens (primary N) is 2. The Labute approximate surface area is 216 Å². The Morgan fingerprint density at radius 2 is 1.84 bits per heavy atom. The van der Waals surface area contributed by atoms with Gasteiger partial charge in [-0.15, -0.1) is 0 Å². The number of hydrogen-bond acceptors (Lipinski definition) is 9. The Morgan fingerprint density at radius 3 is 2.54 bits per heavy atom. The average molecular weight is 506 g/mol. The summed E-state index contributed by atoms with van der Waals surface area (Å²) >= 11 is 0. The second-order valence-electron chi connectivity index (χ2n) is 10.7. The molecule has 0 aromatic carbocycles. The van der Waals surface area contributed by atoms with Crippen molar-refractivity contribution in [2.45, 2.75) is 65.3 Å². The van der Waals surface area contributed by atoms with Crippen LogP contribution in [0.3, 0.4) is 0 Å². The SMILES string of the molecule is CCOC(=O)[C@@H]1CCCN(c2nc(N)c3c(N)nc4c(c3c2C#N)CC(=O)N4[C@@H]2CCC[C@@H](C)[C@@H]2C)C1. The van der Waals surface area contributed by atoms with Crippen LogP contribution in [-0.2, 0) is 20.7 Å². The summed E-state index contributed by atoms with van der Waals surface area (Å²) < 4.78 is 5.25. The number of nitrogen functional groups attached to an aromatic ring is 2. The largest absolute Gasteiger partial charge is 0.466 e. The zero-order valence-electron chi connectivity index (χ0n) is 21.8. The van der Waals surface area contributed by atoms with E-state index in [1.54, 1.807) is 6.92 Å². The van der Waals surface area contributed by atoms with Crippen LogP contribution in [0, 0.1) is 29.1 Å². The minimum Gasteiger partial charge on any atom is -0.466 e. The summed E-state index contributed by atoms with van der Waals surface area (Å²) in [5.41, 5.74) is 13.8. The van der Waals surface area contributed by atoms with Crippen LogP contribution in [0.4, 0.5) is 23.3 Å². The molecule has 10 nitrogen and oxygen atoms in total. The van der Waals surface area contributed by atoms with Crippen LogP contribution >= 0.6 is 0 Å². The summed E-state index contributed by atoms with van der Waals surface area (Å²) in [5, 5.41) is 11.3. The van der Waals surface area contributed by atoms with E-state index in [0.717, 1.165) is 25.7 Å². The van der Waals surface area contributed by atoms with Crippen LogP contribution in [0.5, 0.6) is 0 Å². The standard InChI is InChI=1S/C27H35N7O3/c1-4-37-27(36)16-8-6-10-33(13-16)25-18(12-28)21-17-11-20(35)34(19-9-5-7-14(2)15(19)3)26(17)32-24(30)22(21)23(29)31-25/h14-16,19H,4-11,13H2,1-3H3,(H2,29,31)(H2,30,32)/t14-,15+,16-,19-/m1/s1. The predicted molar refractivity (Wildman–Crippen MR) is 142 cm³/mol. The van der Waals surface area contributed by atoms with E-state index in [1.807, 2.05) is 9.80 Å². The Balaban J connectivity index is 1.64. The number of fused-ring (bicyclic) bond motifs is 3. The first-order valence-corrected chi connectivity index (χ1v) is 13.3. The van der Waals surface area contributed by atoms with Crippen LogP contribution < -0.4 is 21.3 Å². The second-order valence-corrected chi connectivity index (χ2v) is 10.7. The van der Waals surface area contributed by atoms with E-state index in [0.29, 0.717) is 71.5 Å². The van der Waals surface area contributed by atoms with E-state index >= 15 is 0 Å². The first kappa shape index (κ1) is 25.1. The smallest absolute Gasteiger partial charge is 0.310 e. The zero-order valence-corrected chi connectivity index (χ0v) is 21.8. The van der Waals surface area contributed by atoms with Crippen LogP contribution in [-0.4, -0.2) is 47.6 Å². The molecule has 1 saturated heterocycles. The number of esters is 1. The molecule has 2 aromatic rings. The van der Waals surface area contributed by atoms with Gasteiger partial charge >= 0.3 is 5.97 Å². The van der Waals surface area contributed by atoms with E-state index < -0.39 is 0 Å². The van der Waals surface area contributed by atoms with Crippen molar-refractivity contribution in [1.82, 2.24) is 9.97 Å². The summed E-state index contributed by atoms with van der Waals surface area (Å²) in [7, 11) is 0. The fraction of sp³-hybridized carbons (Fsp3) is 0.593. The minimum absolute atomic E-state index is 0.0264. The highest BCUT2D eigenvalue weighted by Crippen LogP contribution is 2.45. The lowest BCUT2D eigenvalue weighted by Crippen LogP contribution is -2.46. The molecule has 37 heavy (non-hydrogen) atoms. The van der Waals surface area contributed by atoms with Gasteiger partial charge in [0.15, 0.2) is 0 Å². The number of carbonyl (C=O) groups excluding carboxylic acids is 2. The number of anilines is 4. The molecule has 0 spiro atoms. The van der Waals surface area contributed by atoms with Gasteiger partial charge in [0.25, 0.3) is 0 Å².